The van der Waals surface area contributed by atoms with Crippen molar-refractivity contribution in [1.82, 2.24) is 0 Å². The Bertz CT molecular complexity index is 437. The smallest absolute Gasteiger partial charge is 0.150 e. The van der Waals surface area contributed by atoms with Gasteiger partial charge in [-0.1, -0.05) is 62.6 Å². The predicted octanol–water partition coefficient (Wildman–Crippen LogP) is 4.47. The molecule has 0 aromatic heterocycles. The molecule has 1 heterocycles. The van der Waals surface area contributed by atoms with Crippen LogP contribution in [0.5, 0.6) is 0 Å². The number of benzene rings is 1. The van der Waals surface area contributed by atoms with Gasteiger partial charge in [0.1, 0.15) is 12.4 Å². The zero-order chi connectivity index (χ0) is 13.5. The number of aldehydes is 1. The maximum Gasteiger partial charge on any atom is 0.150 e. The molecular weight excluding hydrogens is 236 g/mol. The van der Waals surface area contributed by atoms with E-state index in [2.05, 4.69) is 19.1 Å². The van der Waals surface area contributed by atoms with E-state index < -0.39 is 0 Å². The van der Waals surface area contributed by atoms with Gasteiger partial charge in [-0.05, 0) is 18.4 Å². The summed E-state index contributed by atoms with van der Waals surface area (Å²) >= 11 is 0. The molecule has 0 saturated heterocycles. The SMILES string of the molecule is CCCCC[C@H]1CC=C[C@@H](c2ccccc2C=O)O1. The van der Waals surface area contributed by atoms with Crippen LogP contribution in [-0.2, 0) is 4.74 Å². The molecule has 2 nitrogen and oxygen atoms in total. The number of ether oxygens (including phenoxy) is 1. The van der Waals surface area contributed by atoms with Crippen LogP contribution in [0.1, 0.15) is 61.1 Å². The van der Waals surface area contributed by atoms with Crippen molar-refractivity contribution in [2.24, 2.45) is 0 Å². The molecule has 2 atom stereocenters. The lowest BCUT2D eigenvalue weighted by molar-refractivity contribution is -0.00101. The van der Waals surface area contributed by atoms with Crippen LogP contribution >= 0.6 is 0 Å². The summed E-state index contributed by atoms with van der Waals surface area (Å²) in [6, 6.07) is 7.67. The van der Waals surface area contributed by atoms with E-state index in [1.54, 1.807) is 0 Å². The normalized spacial score (nSPS) is 22.4. The fourth-order valence-electron chi connectivity index (χ4n) is 2.52. The van der Waals surface area contributed by atoms with Crippen LogP contribution in [0.15, 0.2) is 36.4 Å². The molecule has 0 unspecified atom stereocenters. The van der Waals surface area contributed by atoms with Crippen LogP contribution < -0.4 is 0 Å². The van der Waals surface area contributed by atoms with Gasteiger partial charge in [0.25, 0.3) is 0 Å². The number of hydrogen-bond donors (Lipinski definition) is 0. The Kier molecular flexibility index (Phi) is 5.34. The summed E-state index contributed by atoms with van der Waals surface area (Å²) in [4.78, 5) is 11.1. The number of unbranched alkanes of at least 4 members (excludes halogenated alkanes) is 2. The number of carbonyl (C=O) groups is 1. The van der Waals surface area contributed by atoms with Crippen molar-refractivity contribution in [3.63, 3.8) is 0 Å². The second kappa shape index (κ2) is 7.25. The highest BCUT2D eigenvalue weighted by Crippen LogP contribution is 2.29. The highest BCUT2D eigenvalue weighted by Gasteiger charge is 2.20. The van der Waals surface area contributed by atoms with Gasteiger partial charge in [-0.25, -0.2) is 0 Å². The molecule has 0 fully saturated rings. The van der Waals surface area contributed by atoms with Gasteiger partial charge in [0.05, 0.1) is 6.10 Å². The first-order valence-corrected chi connectivity index (χ1v) is 7.21. The second-order valence-corrected chi connectivity index (χ2v) is 5.09. The van der Waals surface area contributed by atoms with Gasteiger partial charge in [-0.15, -0.1) is 0 Å². The van der Waals surface area contributed by atoms with Crippen molar-refractivity contribution in [3.8, 4) is 0 Å². The van der Waals surface area contributed by atoms with Crippen LogP contribution in [0, 0.1) is 0 Å². The van der Waals surface area contributed by atoms with Gasteiger partial charge in [0.2, 0.25) is 0 Å². The maximum atomic E-state index is 11.1. The Morgan fingerprint density at radius 1 is 1.32 bits per heavy atom. The molecule has 0 radical (unpaired) electrons. The maximum absolute atomic E-state index is 11.1. The topological polar surface area (TPSA) is 26.3 Å². The van der Waals surface area contributed by atoms with E-state index in [4.69, 9.17) is 4.74 Å². The van der Waals surface area contributed by atoms with Gasteiger partial charge < -0.3 is 4.74 Å². The minimum absolute atomic E-state index is 0.0678. The fraction of sp³-hybridized carbons (Fsp3) is 0.471. The molecule has 0 N–H and O–H groups in total. The molecule has 1 aromatic carbocycles. The van der Waals surface area contributed by atoms with E-state index in [9.17, 15) is 4.79 Å². The highest BCUT2D eigenvalue weighted by molar-refractivity contribution is 5.77. The van der Waals surface area contributed by atoms with Crippen molar-refractivity contribution in [3.05, 3.63) is 47.5 Å². The number of rotatable bonds is 6. The minimum Gasteiger partial charge on any atom is -0.366 e. The summed E-state index contributed by atoms with van der Waals surface area (Å²) < 4.78 is 6.12. The first-order chi connectivity index (χ1) is 9.35. The molecule has 2 rings (SSSR count). The zero-order valence-corrected chi connectivity index (χ0v) is 11.5. The van der Waals surface area contributed by atoms with Gasteiger partial charge in [-0.3, -0.25) is 4.79 Å². The average molecular weight is 258 g/mol. The lowest BCUT2D eigenvalue weighted by Crippen LogP contribution is -2.19. The molecule has 0 amide bonds. The van der Waals surface area contributed by atoms with E-state index >= 15 is 0 Å². The molecule has 0 saturated carbocycles. The molecule has 1 aliphatic rings. The van der Waals surface area contributed by atoms with Crippen molar-refractivity contribution < 1.29 is 9.53 Å². The zero-order valence-electron chi connectivity index (χ0n) is 11.5. The van der Waals surface area contributed by atoms with Gasteiger partial charge >= 0.3 is 0 Å². The van der Waals surface area contributed by atoms with E-state index in [0.717, 1.165) is 30.3 Å². The summed E-state index contributed by atoms with van der Waals surface area (Å²) in [5.74, 6) is 0. The van der Waals surface area contributed by atoms with E-state index in [0.29, 0.717) is 6.10 Å². The largest absolute Gasteiger partial charge is 0.366 e. The van der Waals surface area contributed by atoms with E-state index in [-0.39, 0.29) is 6.10 Å². The van der Waals surface area contributed by atoms with E-state index in [1.165, 1.54) is 19.3 Å². The van der Waals surface area contributed by atoms with Crippen LogP contribution in [0.25, 0.3) is 0 Å². The third kappa shape index (κ3) is 3.77. The molecule has 19 heavy (non-hydrogen) atoms. The summed E-state index contributed by atoms with van der Waals surface area (Å²) in [6.45, 7) is 2.21. The summed E-state index contributed by atoms with van der Waals surface area (Å²) in [7, 11) is 0. The van der Waals surface area contributed by atoms with Crippen LogP contribution in [0.3, 0.4) is 0 Å². The van der Waals surface area contributed by atoms with Gasteiger partial charge in [0.15, 0.2) is 0 Å². The monoisotopic (exact) mass is 258 g/mol. The Labute approximate surface area is 115 Å². The fourth-order valence-corrected chi connectivity index (χ4v) is 2.52. The first-order valence-electron chi connectivity index (χ1n) is 7.21. The number of hydrogen-bond acceptors (Lipinski definition) is 2. The Morgan fingerprint density at radius 2 is 2.16 bits per heavy atom. The Hall–Kier alpha value is -1.41. The molecule has 102 valence electrons. The molecule has 2 heteroatoms. The van der Waals surface area contributed by atoms with Crippen LogP contribution in [0.2, 0.25) is 0 Å². The highest BCUT2D eigenvalue weighted by atomic mass is 16.5. The van der Waals surface area contributed by atoms with Crippen molar-refractivity contribution in [1.29, 1.82) is 0 Å². The van der Waals surface area contributed by atoms with Crippen molar-refractivity contribution in [2.75, 3.05) is 0 Å². The first kappa shape index (κ1) is 14.0. The lowest BCUT2D eigenvalue weighted by Gasteiger charge is -2.27. The van der Waals surface area contributed by atoms with Gasteiger partial charge in [0, 0.05) is 5.56 Å². The third-order valence-corrected chi connectivity index (χ3v) is 3.61. The third-order valence-electron chi connectivity index (χ3n) is 3.61. The Morgan fingerprint density at radius 3 is 2.95 bits per heavy atom. The predicted molar refractivity (Wildman–Crippen MR) is 77.3 cm³/mol. The van der Waals surface area contributed by atoms with Crippen LogP contribution in [0.4, 0.5) is 0 Å². The van der Waals surface area contributed by atoms with Crippen molar-refractivity contribution >= 4 is 6.29 Å². The van der Waals surface area contributed by atoms with Gasteiger partial charge in [-0.2, -0.15) is 0 Å². The molecule has 1 aromatic rings. The average Bonchev–Trinajstić information content (AvgIpc) is 2.48. The molecule has 0 aliphatic carbocycles. The molecular formula is C17H22O2. The van der Waals surface area contributed by atoms with Crippen LogP contribution in [-0.4, -0.2) is 12.4 Å². The number of carbonyl (C=O) groups excluding carboxylic acids is 1. The summed E-state index contributed by atoms with van der Waals surface area (Å²) in [5.41, 5.74) is 1.71. The lowest BCUT2D eigenvalue weighted by atomic mass is 9.98. The van der Waals surface area contributed by atoms with Crippen molar-refractivity contribution in [2.45, 2.75) is 51.2 Å². The summed E-state index contributed by atoms with van der Waals surface area (Å²) in [5, 5.41) is 0. The summed E-state index contributed by atoms with van der Waals surface area (Å²) in [6.07, 6.45) is 11.2. The molecule has 0 spiro atoms. The quantitative estimate of drug-likeness (QED) is 0.427. The minimum atomic E-state index is -0.0678. The second-order valence-electron chi connectivity index (χ2n) is 5.09. The molecule has 0 bridgehead atoms. The molecule has 1 aliphatic heterocycles. The Balaban J connectivity index is 2.02. The standard InChI is InChI=1S/C17H22O2/c1-2-3-4-9-15-10-7-12-17(19-15)16-11-6-5-8-14(16)13-18/h5-8,11-13,15,17H,2-4,9-10H2,1H3/t15-,17-/m0/s1. The van der Waals surface area contributed by atoms with E-state index in [1.807, 2.05) is 24.3 Å².